The molecule has 0 spiro atoms. The Labute approximate surface area is 307 Å². The number of alkyl halides is 1. The minimum atomic E-state index is -0.404. The standard InChI is InChI=1S/C26H29N3OS.C14H12Cl2OS/c1-19-4-6-20(7-5-19)24-18-21-12-15-29(26(30)25(21)31-24)23-10-8-22(9-11-23)28-14-3-13-27(2)16-17-28;1-9-2-4-10(5-3-9)12-8-11(6-7-15)13(18-12)14(16)17/h4-11,18H,3,12-17H2,1-2H3;2-5,8H,6-7H2,1H3. The fraction of sp³-hybridized carbons (Fsp3) is 0.300. The van der Waals surface area contributed by atoms with Gasteiger partial charge in [0.15, 0.2) is 0 Å². The molecule has 4 heterocycles. The van der Waals surface area contributed by atoms with Gasteiger partial charge in [-0.3, -0.25) is 9.59 Å². The summed E-state index contributed by atoms with van der Waals surface area (Å²) in [4.78, 5) is 35.2. The fourth-order valence-corrected chi connectivity index (χ4v) is 8.90. The smallest absolute Gasteiger partial charge is 0.268 e. The predicted molar refractivity (Wildman–Crippen MR) is 210 cm³/mol. The molecule has 2 aliphatic rings. The molecular formula is C40H41Cl2N3O2S2. The van der Waals surface area contributed by atoms with E-state index in [1.165, 1.54) is 50.6 Å². The molecule has 3 aromatic carbocycles. The number of hydrogen-bond acceptors (Lipinski definition) is 6. The van der Waals surface area contributed by atoms with Crippen molar-refractivity contribution in [3.8, 4) is 20.9 Å². The van der Waals surface area contributed by atoms with Crippen molar-refractivity contribution in [1.82, 2.24) is 4.90 Å². The first-order chi connectivity index (χ1) is 23.7. The van der Waals surface area contributed by atoms with Gasteiger partial charge >= 0.3 is 0 Å². The predicted octanol–water partition coefficient (Wildman–Crippen LogP) is 9.95. The number of likely N-dealkylation sites (N-methyl/N-ethyl adjacent to an activating group) is 1. The van der Waals surface area contributed by atoms with Crippen molar-refractivity contribution in [2.75, 3.05) is 55.5 Å². The average molecular weight is 731 g/mol. The molecule has 5 nitrogen and oxygen atoms in total. The number of fused-ring (bicyclic) bond motifs is 1. The van der Waals surface area contributed by atoms with E-state index in [2.05, 4.69) is 90.5 Å². The van der Waals surface area contributed by atoms with E-state index in [-0.39, 0.29) is 5.91 Å². The van der Waals surface area contributed by atoms with Crippen LogP contribution in [0.15, 0.2) is 84.9 Å². The molecule has 254 valence electrons. The number of carbonyl (C=O) groups is 2. The molecule has 0 aliphatic carbocycles. The number of carbonyl (C=O) groups excluding carboxylic acids is 2. The molecule has 0 radical (unpaired) electrons. The topological polar surface area (TPSA) is 43.9 Å². The Morgan fingerprint density at radius 1 is 0.755 bits per heavy atom. The molecule has 0 bridgehead atoms. The Morgan fingerprint density at radius 2 is 1.37 bits per heavy atom. The number of benzene rings is 3. The Bertz CT molecular complexity index is 1900. The summed E-state index contributed by atoms with van der Waals surface area (Å²) in [6, 6.07) is 29.6. The van der Waals surface area contributed by atoms with Gasteiger partial charge in [-0.15, -0.1) is 34.3 Å². The van der Waals surface area contributed by atoms with Crippen molar-refractivity contribution in [1.29, 1.82) is 0 Å². The van der Waals surface area contributed by atoms with Crippen molar-refractivity contribution in [3.63, 3.8) is 0 Å². The summed E-state index contributed by atoms with van der Waals surface area (Å²) >= 11 is 14.4. The van der Waals surface area contributed by atoms with Gasteiger partial charge in [0.1, 0.15) is 0 Å². The van der Waals surface area contributed by atoms with E-state index in [1.807, 2.05) is 30.0 Å². The molecular weight excluding hydrogens is 689 g/mol. The lowest BCUT2D eigenvalue weighted by atomic mass is 10.0. The summed E-state index contributed by atoms with van der Waals surface area (Å²) in [7, 11) is 2.19. The minimum Gasteiger partial charge on any atom is -0.370 e. The second-order valence-corrected chi connectivity index (χ2v) is 15.6. The van der Waals surface area contributed by atoms with Crippen molar-refractivity contribution in [2.45, 2.75) is 33.1 Å². The molecule has 7 rings (SSSR count). The van der Waals surface area contributed by atoms with Crippen LogP contribution in [0.1, 0.15) is 48.0 Å². The molecule has 0 atom stereocenters. The van der Waals surface area contributed by atoms with Crippen LogP contribution < -0.4 is 9.80 Å². The number of halogens is 2. The van der Waals surface area contributed by atoms with Crippen molar-refractivity contribution in [3.05, 3.63) is 117 Å². The monoisotopic (exact) mass is 729 g/mol. The normalized spacial score (nSPS) is 15.0. The van der Waals surface area contributed by atoms with Crippen LogP contribution in [0.25, 0.3) is 20.9 Å². The molecule has 0 unspecified atom stereocenters. The zero-order chi connectivity index (χ0) is 34.5. The number of rotatable bonds is 7. The van der Waals surface area contributed by atoms with Crippen LogP contribution in [0.2, 0.25) is 0 Å². The summed E-state index contributed by atoms with van der Waals surface area (Å²) in [6.07, 6.45) is 2.76. The van der Waals surface area contributed by atoms with Crippen LogP contribution in [-0.2, 0) is 12.8 Å². The first-order valence-electron chi connectivity index (χ1n) is 16.7. The Hall–Kier alpha value is -3.46. The zero-order valence-electron chi connectivity index (χ0n) is 28.2. The van der Waals surface area contributed by atoms with Crippen LogP contribution in [0.4, 0.5) is 11.4 Å². The second-order valence-electron chi connectivity index (χ2n) is 12.7. The number of aryl methyl sites for hydroxylation is 3. The molecule has 9 heteroatoms. The van der Waals surface area contributed by atoms with E-state index in [1.54, 1.807) is 11.3 Å². The Morgan fingerprint density at radius 3 is 1.98 bits per heavy atom. The maximum absolute atomic E-state index is 13.3. The molecule has 1 fully saturated rings. The number of amides is 1. The lowest BCUT2D eigenvalue weighted by molar-refractivity contribution is 0.0984. The van der Waals surface area contributed by atoms with E-state index in [4.69, 9.17) is 23.2 Å². The lowest BCUT2D eigenvalue weighted by Gasteiger charge is -2.28. The van der Waals surface area contributed by atoms with Gasteiger partial charge in [0.2, 0.25) is 0 Å². The van der Waals surface area contributed by atoms with Crippen LogP contribution in [0.5, 0.6) is 0 Å². The Balaban J connectivity index is 0.000000197. The van der Waals surface area contributed by atoms with Crippen LogP contribution in [0.3, 0.4) is 0 Å². The highest BCUT2D eigenvalue weighted by Crippen LogP contribution is 2.37. The van der Waals surface area contributed by atoms with E-state index in [9.17, 15) is 9.59 Å². The summed E-state index contributed by atoms with van der Waals surface area (Å²) < 4.78 is 0. The largest absolute Gasteiger partial charge is 0.370 e. The van der Waals surface area contributed by atoms with E-state index in [0.29, 0.717) is 17.2 Å². The summed E-state index contributed by atoms with van der Waals surface area (Å²) in [5.41, 5.74) is 9.13. The van der Waals surface area contributed by atoms with Gasteiger partial charge in [0.05, 0.1) is 9.75 Å². The van der Waals surface area contributed by atoms with Crippen LogP contribution in [-0.4, -0.2) is 61.7 Å². The lowest BCUT2D eigenvalue weighted by Crippen LogP contribution is -2.36. The van der Waals surface area contributed by atoms with Gasteiger partial charge < -0.3 is 14.7 Å². The highest BCUT2D eigenvalue weighted by atomic mass is 35.5. The highest BCUT2D eigenvalue weighted by molar-refractivity contribution is 7.19. The third kappa shape index (κ3) is 8.47. The third-order valence-corrected chi connectivity index (χ3v) is 12.1. The quantitative estimate of drug-likeness (QED) is 0.124. The van der Waals surface area contributed by atoms with Crippen LogP contribution in [0, 0.1) is 13.8 Å². The number of anilines is 2. The van der Waals surface area contributed by atoms with Gasteiger partial charge in [-0.05, 0) is 117 Å². The van der Waals surface area contributed by atoms with Crippen molar-refractivity contribution >= 4 is 68.4 Å². The highest BCUT2D eigenvalue weighted by Gasteiger charge is 2.28. The maximum atomic E-state index is 13.3. The van der Waals surface area contributed by atoms with Crippen molar-refractivity contribution in [2.24, 2.45) is 0 Å². The fourth-order valence-electron chi connectivity index (χ4n) is 6.25. The third-order valence-electron chi connectivity index (χ3n) is 9.12. The molecule has 2 aromatic heterocycles. The van der Waals surface area contributed by atoms with Crippen LogP contribution >= 0.6 is 45.9 Å². The molecule has 1 amide bonds. The second kappa shape index (κ2) is 16.0. The zero-order valence-corrected chi connectivity index (χ0v) is 31.3. The summed E-state index contributed by atoms with van der Waals surface area (Å²) in [5, 5.41) is -0.404. The van der Waals surface area contributed by atoms with Gasteiger partial charge in [-0.2, -0.15) is 0 Å². The first kappa shape index (κ1) is 35.4. The van der Waals surface area contributed by atoms with E-state index < -0.39 is 5.24 Å². The molecule has 5 aromatic rings. The van der Waals surface area contributed by atoms with Gasteiger partial charge in [0, 0.05) is 53.2 Å². The minimum absolute atomic E-state index is 0.133. The Kier molecular flexibility index (Phi) is 11.6. The number of thiophene rings is 2. The first-order valence-corrected chi connectivity index (χ1v) is 19.3. The SMILES string of the molecule is Cc1ccc(-c2cc(CCCl)c(C(=O)Cl)s2)cc1.Cc1ccc(-c2cc3c(s2)C(=O)N(c2ccc(N4CCCN(C)CC4)cc2)CC3)cc1. The summed E-state index contributed by atoms with van der Waals surface area (Å²) in [6.45, 7) is 9.28. The van der Waals surface area contributed by atoms with Gasteiger partial charge in [-0.1, -0.05) is 59.7 Å². The van der Waals surface area contributed by atoms with Gasteiger partial charge in [-0.25, -0.2) is 0 Å². The van der Waals surface area contributed by atoms with Gasteiger partial charge in [0.25, 0.3) is 11.1 Å². The number of hydrogen-bond donors (Lipinski definition) is 0. The molecule has 0 saturated carbocycles. The molecule has 2 aliphatic heterocycles. The average Bonchev–Trinajstić information content (AvgIpc) is 3.67. The maximum Gasteiger partial charge on any atom is 0.268 e. The van der Waals surface area contributed by atoms with E-state index in [0.717, 1.165) is 65.7 Å². The molecule has 1 saturated heterocycles. The van der Waals surface area contributed by atoms with E-state index >= 15 is 0 Å². The molecule has 49 heavy (non-hydrogen) atoms. The molecule has 0 N–H and O–H groups in total. The number of nitrogens with zero attached hydrogens (tertiary/aromatic N) is 3. The summed E-state index contributed by atoms with van der Waals surface area (Å²) in [5.74, 6) is 0.620. The van der Waals surface area contributed by atoms with Crippen molar-refractivity contribution < 1.29 is 9.59 Å².